The van der Waals surface area contributed by atoms with E-state index in [4.69, 9.17) is 20.9 Å². The fraction of sp³-hybridized carbons (Fsp3) is 0.375. The minimum absolute atomic E-state index is 0.00627. The minimum atomic E-state index is 0.00627. The van der Waals surface area contributed by atoms with Gasteiger partial charge in [-0.05, 0) is 12.1 Å². The first-order chi connectivity index (χ1) is 5.90. The first-order valence-electron chi connectivity index (χ1n) is 3.72. The van der Waals surface area contributed by atoms with Gasteiger partial charge in [0.15, 0.2) is 5.76 Å². The lowest BCUT2D eigenvalue weighted by Gasteiger charge is -1.99. The molecule has 0 bridgehead atoms. The Balaban J connectivity index is 2.09. The number of hydrogen-bond donors (Lipinski definition) is 0. The van der Waals surface area contributed by atoms with Crippen LogP contribution in [0.3, 0.4) is 0 Å². The average molecular weight is 186 g/mol. The van der Waals surface area contributed by atoms with Gasteiger partial charge in [0, 0.05) is 6.42 Å². The minimum Gasteiger partial charge on any atom is -0.463 e. The molecule has 0 radical (unpaired) electrons. The van der Waals surface area contributed by atoms with E-state index in [0.717, 1.165) is 17.9 Å². The molecule has 12 heavy (non-hydrogen) atoms. The first-order valence-corrected chi connectivity index (χ1v) is 4.26. The number of nitrogens with zero attached hydrogens (tertiary/aromatic N) is 1. The Morgan fingerprint density at radius 1 is 1.67 bits per heavy atom. The van der Waals surface area contributed by atoms with Crippen molar-refractivity contribution in [3.8, 4) is 0 Å². The van der Waals surface area contributed by atoms with Gasteiger partial charge in [0.05, 0.1) is 12.1 Å². The quantitative estimate of drug-likeness (QED) is 0.661. The van der Waals surface area contributed by atoms with Crippen molar-refractivity contribution in [2.75, 3.05) is 5.88 Å². The molecule has 64 valence electrons. The summed E-state index contributed by atoms with van der Waals surface area (Å²) >= 11 is 5.61. The maximum absolute atomic E-state index is 5.61. The SMILES string of the molecule is ClC[C@H]1CC(c2ccco2)=NO1. The third kappa shape index (κ3) is 1.32. The van der Waals surface area contributed by atoms with Crippen LogP contribution in [0.25, 0.3) is 0 Å². The van der Waals surface area contributed by atoms with Gasteiger partial charge in [0.25, 0.3) is 0 Å². The Kier molecular flexibility index (Phi) is 2.04. The summed E-state index contributed by atoms with van der Waals surface area (Å²) in [7, 11) is 0. The average Bonchev–Trinajstić information content (AvgIpc) is 2.75. The lowest BCUT2D eigenvalue weighted by molar-refractivity contribution is 0.102. The van der Waals surface area contributed by atoms with Gasteiger partial charge in [-0.3, -0.25) is 0 Å². The number of rotatable bonds is 2. The van der Waals surface area contributed by atoms with Gasteiger partial charge >= 0.3 is 0 Å². The van der Waals surface area contributed by atoms with Crippen LogP contribution in [-0.4, -0.2) is 17.7 Å². The second kappa shape index (κ2) is 3.19. The summed E-state index contributed by atoms with van der Waals surface area (Å²) in [4.78, 5) is 5.03. The molecule has 0 N–H and O–H groups in total. The van der Waals surface area contributed by atoms with Gasteiger partial charge in [0.1, 0.15) is 11.8 Å². The fourth-order valence-corrected chi connectivity index (χ4v) is 1.26. The highest BCUT2D eigenvalue weighted by Crippen LogP contribution is 2.17. The Morgan fingerprint density at radius 2 is 2.58 bits per heavy atom. The van der Waals surface area contributed by atoms with Crippen LogP contribution in [0.2, 0.25) is 0 Å². The van der Waals surface area contributed by atoms with Crippen molar-refractivity contribution >= 4 is 17.3 Å². The molecule has 0 saturated heterocycles. The molecule has 1 aliphatic heterocycles. The second-order valence-corrected chi connectivity index (χ2v) is 2.91. The van der Waals surface area contributed by atoms with Crippen molar-refractivity contribution in [2.45, 2.75) is 12.5 Å². The van der Waals surface area contributed by atoms with Crippen molar-refractivity contribution in [1.82, 2.24) is 0 Å². The highest BCUT2D eigenvalue weighted by atomic mass is 35.5. The van der Waals surface area contributed by atoms with Crippen molar-refractivity contribution in [3.63, 3.8) is 0 Å². The van der Waals surface area contributed by atoms with Crippen LogP contribution in [0.1, 0.15) is 12.2 Å². The molecule has 0 saturated carbocycles. The largest absolute Gasteiger partial charge is 0.463 e. The van der Waals surface area contributed by atoms with Crippen LogP contribution in [0.5, 0.6) is 0 Å². The van der Waals surface area contributed by atoms with Gasteiger partial charge < -0.3 is 9.25 Å². The van der Waals surface area contributed by atoms with E-state index >= 15 is 0 Å². The molecule has 1 aromatic heterocycles. The van der Waals surface area contributed by atoms with E-state index in [-0.39, 0.29) is 6.10 Å². The highest BCUT2D eigenvalue weighted by Gasteiger charge is 2.22. The highest BCUT2D eigenvalue weighted by molar-refractivity contribution is 6.18. The topological polar surface area (TPSA) is 34.7 Å². The molecule has 0 fully saturated rings. The summed E-state index contributed by atoms with van der Waals surface area (Å²) in [6.07, 6.45) is 2.36. The van der Waals surface area contributed by atoms with Crippen molar-refractivity contribution in [2.24, 2.45) is 5.16 Å². The molecule has 3 nitrogen and oxygen atoms in total. The van der Waals surface area contributed by atoms with Crippen molar-refractivity contribution in [1.29, 1.82) is 0 Å². The number of furan rings is 1. The lowest BCUT2D eigenvalue weighted by atomic mass is 10.1. The summed E-state index contributed by atoms with van der Waals surface area (Å²) in [5, 5.41) is 3.87. The number of halogens is 1. The molecule has 0 spiro atoms. The van der Waals surface area contributed by atoms with Crippen molar-refractivity contribution < 1.29 is 9.25 Å². The van der Waals surface area contributed by atoms with Crippen molar-refractivity contribution in [3.05, 3.63) is 24.2 Å². The smallest absolute Gasteiger partial charge is 0.151 e. The zero-order valence-corrected chi connectivity index (χ0v) is 7.12. The number of hydrogen-bond acceptors (Lipinski definition) is 3. The molecule has 2 heterocycles. The molecular formula is C8H8ClNO2. The van der Waals surface area contributed by atoms with E-state index in [2.05, 4.69) is 5.16 Å². The molecule has 0 aliphatic carbocycles. The number of alkyl halides is 1. The summed E-state index contributed by atoms with van der Waals surface area (Å²) in [5.41, 5.74) is 0.839. The van der Waals surface area contributed by atoms with E-state index in [1.807, 2.05) is 12.1 Å². The maximum atomic E-state index is 5.61. The molecule has 0 unspecified atom stereocenters. The van der Waals surface area contributed by atoms with Gasteiger partial charge in [0.2, 0.25) is 0 Å². The number of oxime groups is 1. The summed E-state index contributed by atoms with van der Waals surface area (Å²) in [6.45, 7) is 0. The normalized spacial score (nSPS) is 22.1. The van der Waals surface area contributed by atoms with Crippen LogP contribution in [0.15, 0.2) is 28.0 Å². The standard InChI is InChI=1S/C8H8ClNO2/c9-5-6-4-7(10-12-6)8-2-1-3-11-8/h1-3,6H,4-5H2/t6-/m1/s1. The summed E-state index contributed by atoms with van der Waals surface area (Å²) < 4.78 is 5.16. The van der Waals surface area contributed by atoms with Crippen LogP contribution >= 0.6 is 11.6 Å². The summed E-state index contributed by atoms with van der Waals surface area (Å²) in [5.74, 6) is 1.23. The first kappa shape index (κ1) is 7.68. The molecule has 1 aliphatic rings. The zero-order valence-electron chi connectivity index (χ0n) is 6.37. The third-order valence-corrected chi connectivity index (χ3v) is 2.05. The van der Waals surface area contributed by atoms with Gasteiger partial charge in [-0.2, -0.15) is 0 Å². The Labute approximate surface area is 74.9 Å². The van der Waals surface area contributed by atoms with E-state index < -0.39 is 0 Å². The van der Waals surface area contributed by atoms with Crippen LogP contribution in [-0.2, 0) is 4.84 Å². The Hall–Kier alpha value is -0.960. The molecule has 4 heteroatoms. The van der Waals surface area contributed by atoms with E-state index in [1.165, 1.54) is 0 Å². The third-order valence-electron chi connectivity index (χ3n) is 1.71. The van der Waals surface area contributed by atoms with Crippen LogP contribution in [0, 0.1) is 0 Å². The lowest BCUT2D eigenvalue weighted by Crippen LogP contribution is -2.09. The molecule has 0 amide bonds. The van der Waals surface area contributed by atoms with E-state index in [0.29, 0.717) is 5.88 Å². The molecule has 1 aromatic rings. The zero-order chi connectivity index (χ0) is 8.39. The van der Waals surface area contributed by atoms with Gasteiger partial charge in [-0.25, -0.2) is 0 Å². The van der Waals surface area contributed by atoms with Crippen LogP contribution < -0.4 is 0 Å². The Bertz CT molecular complexity index is 281. The molecule has 1 atom stereocenters. The monoisotopic (exact) mass is 185 g/mol. The fourth-order valence-electron chi connectivity index (χ4n) is 1.10. The predicted molar refractivity (Wildman–Crippen MR) is 45.5 cm³/mol. The molecule has 2 rings (SSSR count). The van der Waals surface area contributed by atoms with Gasteiger partial charge in [-0.1, -0.05) is 5.16 Å². The maximum Gasteiger partial charge on any atom is 0.151 e. The van der Waals surface area contributed by atoms with Crippen LogP contribution in [0.4, 0.5) is 0 Å². The second-order valence-electron chi connectivity index (χ2n) is 2.60. The van der Waals surface area contributed by atoms with E-state index in [9.17, 15) is 0 Å². The van der Waals surface area contributed by atoms with E-state index in [1.54, 1.807) is 6.26 Å². The predicted octanol–water partition coefficient (Wildman–Crippen LogP) is 2.01. The molecule has 0 aromatic carbocycles. The summed E-state index contributed by atoms with van der Waals surface area (Å²) in [6, 6.07) is 3.69. The molecular weight excluding hydrogens is 178 g/mol. The Morgan fingerprint density at radius 3 is 3.17 bits per heavy atom. The van der Waals surface area contributed by atoms with Gasteiger partial charge in [-0.15, -0.1) is 11.6 Å².